The monoisotopic (exact) mass is 424 g/mol. The van der Waals surface area contributed by atoms with E-state index in [-0.39, 0.29) is 5.91 Å². The Morgan fingerprint density at radius 2 is 2.25 bits per heavy atom. The maximum absolute atomic E-state index is 12.3. The first kappa shape index (κ1) is 17.5. The van der Waals surface area contributed by atoms with Gasteiger partial charge < -0.3 is 9.30 Å². The van der Waals surface area contributed by atoms with Crippen LogP contribution in [-0.4, -0.2) is 23.7 Å². The van der Waals surface area contributed by atoms with Crippen LogP contribution >= 0.6 is 38.6 Å². The van der Waals surface area contributed by atoms with Gasteiger partial charge in [0, 0.05) is 22.5 Å². The van der Waals surface area contributed by atoms with Crippen molar-refractivity contribution in [2.75, 3.05) is 13.2 Å². The van der Waals surface area contributed by atoms with E-state index in [1.807, 2.05) is 36.6 Å². The van der Waals surface area contributed by atoms with E-state index in [9.17, 15) is 4.79 Å². The molecular formula is C17H17BrN2O2S2. The molecule has 126 valence electrons. The van der Waals surface area contributed by atoms with Gasteiger partial charge in [0.15, 0.2) is 4.80 Å². The van der Waals surface area contributed by atoms with Gasteiger partial charge in [0.05, 0.1) is 23.2 Å². The molecule has 3 aromatic rings. The molecular weight excluding hydrogens is 408 g/mol. The van der Waals surface area contributed by atoms with Crippen LogP contribution in [0.4, 0.5) is 0 Å². The van der Waals surface area contributed by atoms with Crippen molar-refractivity contribution in [2.45, 2.75) is 19.9 Å². The van der Waals surface area contributed by atoms with Gasteiger partial charge in [-0.15, -0.1) is 11.3 Å². The summed E-state index contributed by atoms with van der Waals surface area (Å²) in [5, 5.41) is 1.97. The molecule has 1 amide bonds. The Kier molecular flexibility index (Phi) is 5.99. The number of halogens is 1. The van der Waals surface area contributed by atoms with E-state index in [1.165, 1.54) is 11.3 Å². The van der Waals surface area contributed by atoms with Crippen LogP contribution in [0.2, 0.25) is 0 Å². The Bertz CT molecular complexity index is 897. The van der Waals surface area contributed by atoms with Gasteiger partial charge in [-0.1, -0.05) is 33.3 Å². The van der Waals surface area contributed by atoms with Gasteiger partial charge in [-0.05, 0) is 36.6 Å². The van der Waals surface area contributed by atoms with E-state index in [1.54, 1.807) is 11.3 Å². The largest absolute Gasteiger partial charge is 0.380 e. The molecule has 0 aliphatic carbocycles. The number of thiophene rings is 1. The molecule has 1 aromatic carbocycles. The summed E-state index contributed by atoms with van der Waals surface area (Å²) < 4.78 is 9.66. The molecule has 0 unspecified atom stereocenters. The maximum Gasteiger partial charge on any atom is 0.253 e. The lowest BCUT2D eigenvalue weighted by Gasteiger charge is -2.05. The van der Waals surface area contributed by atoms with Crippen molar-refractivity contribution < 1.29 is 9.53 Å². The van der Waals surface area contributed by atoms with Crippen molar-refractivity contribution >= 4 is 54.7 Å². The molecule has 0 aliphatic rings. The average Bonchev–Trinajstić information content (AvgIpc) is 3.15. The third-order valence-corrected chi connectivity index (χ3v) is 5.84. The molecule has 0 bridgehead atoms. The number of amides is 1. The Morgan fingerprint density at radius 3 is 3.00 bits per heavy atom. The van der Waals surface area contributed by atoms with Crippen LogP contribution in [0.3, 0.4) is 0 Å². The van der Waals surface area contributed by atoms with Gasteiger partial charge in [0.1, 0.15) is 0 Å². The Balaban J connectivity index is 1.96. The summed E-state index contributed by atoms with van der Waals surface area (Å²) in [6.45, 7) is 3.94. The first-order valence-electron chi connectivity index (χ1n) is 7.64. The number of benzene rings is 1. The molecule has 4 nitrogen and oxygen atoms in total. The third-order valence-electron chi connectivity index (χ3n) is 3.43. The lowest BCUT2D eigenvalue weighted by Crippen LogP contribution is -2.20. The lowest BCUT2D eigenvalue weighted by molar-refractivity contribution is -0.117. The van der Waals surface area contributed by atoms with Crippen molar-refractivity contribution in [1.82, 2.24) is 4.57 Å². The molecule has 2 heterocycles. The van der Waals surface area contributed by atoms with Crippen molar-refractivity contribution in [1.29, 1.82) is 0 Å². The summed E-state index contributed by atoms with van der Waals surface area (Å²) in [7, 11) is 0. The molecule has 2 aromatic heterocycles. The maximum atomic E-state index is 12.3. The second-order valence-electron chi connectivity index (χ2n) is 5.11. The number of ether oxygens (including phenoxy) is 1. The number of aromatic nitrogens is 1. The minimum atomic E-state index is -0.117. The SMILES string of the molecule is CCOCCn1c(=NC(=O)Cc2cccs2)sc2cc(Br)ccc21. The Hall–Kier alpha value is -1.28. The molecule has 0 atom stereocenters. The average molecular weight is 425 g/mol. The highest BCUT2D eigenvalue weighted by molar-refractivity contribution is 9.10. The summed E-state index contributed by atoms with van der Waals surface area (Å²) in [6, 6.07) is 10.0. The van der Waals surface area contributed by atoms with E-state index >= 15 is 0 Å². The van der Waals surface area contributed by atoms with Crippen LogP contribution in [0.25, 0.3) is 10.2 Å². The summed E-state index contributed by atoms with van der Waals surface area (Å²) >= 11 is 6.61. The minimum Gasteiger partial charge on any atom is -0.380 e. The summed E-state index contributed by atoms with van der Waals surface area (Å²) in [4.78, 5) is 18.4. The van der Waals surface area contributed by atoms with Gasteiger partial charge in [0.2, 0.25) is 0 Å². The van der Waals surface area contributed by atoms with Gasteiger partial charge >= 0.3 is 0 Å². The van der Waals surface area contributed by atoms with E-state index < -0.39 is 0 Å². The van der Waals surface area contributed by atoms with Crippen LogP contribution in [-0.2, 0) is 22.5 Å². The molecule has 3 rings (SSSR count). The van der Waals surface area contributed by atoms with Crippen LogP contribution in [0, 0.1) is 0 Å². The van der Waals surface area contributed by atoms with Crippen molar-refractivity contribution in [2.24, 2.45) is 4.99 Å². The first-order chi connectivity index (χ1) is 11.7. The zero-order valence-corrected chi connectivity index (χ0v) is 16.4. The number of rotatable bonds is 6. The fraction of sp³-hybridized carbons (Fsp3) is 0.294. The number of thiazole rings is 1. The number of fused-ring (bicyclic) bond motifs is 1. The van der Waals surface area contributed by atoms with E-state index in [0.29, 0.717) is 26.2 Å². The van der Waals surface area contributed by atoms with Crippen LogP contribution in [0.15, 0.2) is 45.2 Å². The zero-order valence-electron chi connectivity index (χ0n) is 13.2. The minimum absolute atomic E-state index is 0.117. The lowest BCUT2D eigenvalue weighted by atomic mass is 10.3. The fourth-order valence-corrected chi connectivity index (χ4v) is 4.68. The molecule has 0 saturated carbocycles. The van der Waals surface area contributed by atoms with Crippen molar-refractivity contribution in [3.8, 4) is 0 Å². The van der Waals surface area contributed by atoms with Gasteiger partial charge in [0.25, 0.3) is 5.91 Å². The van der Waals surface area contributed by atoms with Gasteiger partial charge in [-0.2, -0.15) is 4.99 Å². The highest BCUT2D eigenvalue weighted by Crippen LogP contribution is 2.22. The van der Waals surface area contributed by atoms with Gasteiger partial charge in [-0.25, -0.2) is 0 Å². The molecule has 0 saturated heterocycles. The van der Waals surface area contributed by atoms with Crippen LogP contribution in [0.5, 0.6) is 0 Å². The molecule has 0 fully saturated rings. The van der Waals surface area contributed by atoms with Crippen LogP contribution in [0.1, 0.15) is 11.8 Å². The normalized spacial score (nSPS) is 12.2. The highest BCUT2D eigenvalue weighted by atomic mass is 79.9. The van der Waals surface area contributed by atoms with Gasteiger partial charge in [-0.3, -0.25) is 4.79 Å². The molecule has 7 heteroatoms. The number of hydrogen-bond acceptors (Lipinski definition) is 4. The van der Waals surface area contributed by atoms with Crippen LogP contribution < -0.4 is 4.80 Å². The molecule has 0 spiro atoms. The Labute approximate surface area is 156 Å². The second kappa shape index (κ2) is 8.20. The second-order valence-corrected chi connectivity index (χ2v) is 8.06. The number of carbonyl (C=O) groups is 1. The number of hydrogen-bond donors (Lipinski definition) is 0. The first-order valence-corrected chi connectivity index (χ1v) is 10.1. The van der Waals surface area contributed by atoms with Crippen molar-refractivity contribution in [3.05, 3.63) is 49.9 Å². The van der Waals surface area contributed by atoms with E-state index in [0.717, 1.165) is 24.4 Å². The standard InChI is InChI=1S/C17H17BrN2O2S2/c1-2-22-8-7-20-14-6-5-12(18)10-15(14)24-17(20)19-16(21)11-13-4-3-9-23-13/h3-6,9-10H,2,7-8,11H2,1H3. The van der Waals surface area contributed by atoms with E-state index in [4.69, 9.17) is 4.74 Å². The fourth-order valence-electron chi connectivity index (χ4n) is 2.36. The highest BCUT2D eigenvalue weighted by Gasteiger charge is 2.09. The van der Waals surface area contributed by atoms with Crippen molar-refractivity contribution in [3.63, 3.8) is 0 Å². The predicted octanol–water partition coefficient (Wildman–Crippen LogP) is 4.23. The summed E-state index contributed by atoms with van der Waals surface area (Å²) in [5.41, 5.74) is 1.07. The molecule has 24 heavy (non-hydrogen) atoms. The third kappa shape index (κ3) is 4.22. The number of nitrogens with zero attached hydrogens (tertiary/aromatic N) is 2. The molecule has 0 radical (unpaired) electrons. The summed E-state index contributed by atoms with van der Waals surface area (Å²) in [5.74, 6) is -0.117. The number of carbonyl (C=O) groups excluding carboxylic acids is 1. The predicted molar refractivity (Wildman–Crippen MR) is 103 cm³/mol. The van der Waals surface area contributed by atoms with E-state index in [2.05, 4.69) is 31.6 Å². The smallest absolute Gasteiger partial charge is 0.253 e. The molecule has 0 aliphatic heterocycles. The Morgan fingerprint density at radius 1 is 1.38 bits per heavy atom. The molecule has 0 N–H and O–H groups in total. The zero-order chi connectivity index (χ0) is 16.9. The summed E-state index contributed by atoms with van der Waals surface area (Å²) in [6.07, 6.45) is 0.348. The topological polar surface area (TPSA) is 43.6 Å². The quantitative estimate of drug-likeness (QED) is 0.555.